The first kappa shape index (κ1) is 67.3. The molecule has 6 heteroatoms. The van der Waals surface area contributed by atoms with Crippen LogP contribution >= 0.6 is 0 Å². The Morgan fingerprint density at radius 2 is 0.681 bits per heavy atom. The molecule has 0 saturated heterocycles. The minimum atomic E-state index is -0.841. The van der Waals surface area contributed by atoms with Crippen molar-refractivity contribution in [3.63, 3.8) is 0 Å². The highest BCUT2D eigenvalue weighted by molar-refractivity contribution is 5.76. The Hall–Kier alpha value is -1.66. The standard InChI is InChI=1S/C63H121NO5/c1-3-5-7-9-11-13-15-16-17-30-33-37-41-45-49-53-57-63(68)69-58-54-50-46-42-38-34-31-28-26-24-22-20-18-19-21-23-25-27-29-32-36-40-44-48-52-56-62(67)64-60(59-65)61(66)55-51-47-43-39-35-14-12-10-8-6-4-2/h17,30,51,55,60-61,65-66H,3-16,18-29,31-50,52-54,56-59H2,1-2H3,(H,64,67)/b30-17-,55-51+. The van der Waals surface area contributed by atoms with Crippen LogP contribution in [0.3, 0.4) is 0 Å². The minimum absolute atomic E-state index is 0.00874. The molecule has 408 valence electrons. The Labute approximate surface area is 431 Å². The molecule has 0 bridgehead atoms. The topological polar surface area (TPSA) is 95.9 Å². The summed E-state index contributed by atoms with van der Waals surface area (Å²) in [5, 5.41) is 23.0. The van der Waals surface area contributed by atoms with Gasteiger partial charge >= 0.3 is 5.97 Å². The fourth-order valence-electron chi connectivity index (χ4n) is 9.69. The van der Waals surface area contributed by atoms with Gasteiger partial charge in [-0.3, -0.25) is 9.59 Å². The van der Waals surface area contributed by atoms with Gasteiger partial charge in [-0.2, -0.15) is 0 Å². The molecule has 0 saturated carbocycles. The Kier molecular flexibility index (Phi) is 57.5. The van der Waals surface area contributed by atoms with E-state index in [2.05, 4.69) is 31.3 Å². The van der Waals surface area contributed by atoms with Crippen LogP contribution in [0.2, 0.25) is 0 Å². The van der Waals surface area contributed by atoms with Crippen molar-refractivity contribution in [1.82, 2.24) is 5.32 Å². The Morgan fingerprint density at radius 1 is 0.391 bits per heavy atom. The summed E-state index contributed by atoms with van der Waals surface area (Å²) in [6.45, 7) is 4.90. The van der Waals surface area contributed by atoms with Gasteiger partial charge in [0, 0.05) is 12.8 Å². The number of hydrogen-bond donors (Lipinski definition) is 3. The molecule has 0 aromatic carbocycles. The molecule has 0 aliphatic heterocycles. The molecule has 0 fully saturated rings. The molecule has 0 spiro atoms. The molecule has 2 unspecified atom stereocenters. The lowest BCUT2D eigenvalue weighted by atomic mass is 10.0. The Balaban J connectivity index is 3.35. The van der Waals surface area contributed by atoms with E-state index in [9.17, 15) is 19.8 Å². The maximum absolute atomic E-state index is 12.4. The molecule has 3 N–H and O–H groups in total. The van der Waals surface area contributed by atoms with Gasteiger partial charge in [0.2, 0.25) is 5.91 Å². The van der Waals surface area contributed by atoms with Crippen molar-refractivity contribution in [1.29, 1.82) is 0 Å². The van der Waals surface area contributed by atoms with Crippen molar-refractivity contribution >= 4 is 11.9 Å². The highest BCUT2D eigenvalue weighted by atomic mass is 16.5. The van der Waals surface area contributed by atoms with Crippen LogP contribution in [-0.4, -0.2) is 47.4 Å². The number of aliphatic hydroxyl groups excluding tert-OH is 2. The molecule has 0 aromatic heterocycles. The number of rotatable bonds is 58. The van der Waals surface area contributed by atoms with Gasteiger partial charge in [-0.1, -0.05) is 295 Å². The average molecular weight is 973 g/mol. The zero-order valence-electron chi connectivity index (χ0n) is 46.6. The fourth-order valence-corrected chi connectivity index (χ4v) is 9.69. The highest BCUT2D eigenvalue weighted by Crippen LogP contribution is 2.18. The van der Waals surface area contributed by atoms with E-state index in [1.54, 1.807) is 6.08 Å². The van der Waals surface area contributed by atoms with Crippen molar-refractivity contribution < 1.29 is 24.5 Å². The molecule has 69 heavy (non-hydrogen) atoms. The molecule has 1 amide bonds. The number of carbonyl (C=O) groups excluding carboxylic acids is 2. The lowest BCUT2D eigenvalue weighted by molar-refractivity contribution is -0.143. The van der Waals surface area contributed by atoms with Crippen molar-refractivity contribution in [2.45, 2.75) is 353 Å². The zero-order chi connectivity index (χ0) is 50.0. The quantitative estimate of drug-likeness (QED) is 0.0321. The van der Waals surface area contributed by atoms with Gasteiger partial charge in [0.1, 0.15) is 0 Å². The fraction of sp³-hybridized carbons (Fsp3) is 0.905. The maximum Gasteiger partial charge on any atom is 0.305 e. The van der Waals surface area contributed by atoms with Gasteiger partial charge in [-0.15, -0.1) is 0 Å². The second-order valence-electron chi connectivity index (χ2n) is 21.4. The number of hydrogen-bond acceptors (Lipinski definition) is 5. The third-order valence-corrected chi connectivity index (χ3v) is 14.5. The van der Waals surface area contributed by atoms with Crippen LogP contribution in [-0.2, 0) is 14.3 Å². The van der Waals surface area contributed by atoms with E-state index < -0.39 is 12.1 Å². The van der Waals surface area contributed by atoms with Crippen LogP contribution in [0, 0.1) is 0 Å². The van der Waals surface area contributed by atoms with Gasteiger partial charge in [0.05, 0.1) is 25.4 Å². The van der Waals surface area contributed by atoms with Gasteiger partial charge in [-0.05, 0) is 57.8 Å². The first-order valence-corrected chi connectivity index (χ1v) is 31.1. The largest absolute Gasteiger partial charge is 0.466 e. The van der Waals surface area contributed by atoms with E-state index >= 15 is 0 Å². The Morgan fingerprint density at radius 3 is 1.03 bits per heavy atom. The van der Waals surface area contributed by atoms with Gasteiger partial charge < -0.3 is 20.3 Å². The number of carbonyl (C=O) groups is 2. The van der Waals surface area contributed by atoms with Crippen LogP contribution in [0.4, 0.5) is 0 Å². The summed E-state index contributed by atoms with van der Waals surface area (Å²) >= 11 is 0. The number of esters is 1. The van der Waals surface area contributed by atoms with Gasteiger partial charge in [0.25, 0.3) is 0 Å². The summed E-state index contributed by atoms with van der Waals surface area (Å²) in [5.41, 5.74) is 0. The third-order valence-electron chi connectivity index (χ3n) is 14.5. The number of aliphatic hydroxyl groups is 2. The molecule has 0 rings (SSSR count). The summed E-state index contributed by atoms with van der Waals surface area (Å²) in [6.07, 6.45) is 72.3. The number of ether oxygens (including phenoxy) is 1. The first-order chi connectivity index (χ1) is 34.0. The summed E-state index contributed by atoms with van der Waals surface area (Å²) in [5.74, 6) is -0.0578. The summed E-state index contributed by atoms with van der Waals surface area (Å²) < 4.78 is 5.49. The lowest BCUT2D eigenvalue weighted by Gasteiger charge is -2.20. The van der Waals surface area contributed by atoms with E-state index in [0.717, 1.165) is 44.9 Å². The van der Waals surface area contributed by atoms with Gasteiger partial charge in [0.15, 0.2) is 0 Å². The molecule has 0 aliphatic rings. The SMILES string of the molecule is CCCCCCCCC/C=C\CCCCCCCC(=O)OCCCCCCCCCCCCCCCCCCCCCCCCCCCC(=O)NC(CO)C(O)/C=C/CCCCCCCCCCC. The van der Waals surface area contributed by atoms with Crippen LogP contribution < -0.4 is 5.32 Å². The molecular formula is C63H121NO5. The van der Waals surface area contributed by atoms with E-state index in [1.165, 1.54) is 270 Å². The molecular weight excluding hydrogens is 851 g/mol. The van der Waals surface area contributed by atoms with E-state index in [0.29, 0.717) is 19.4 Å². The summed E-state index contributed by atoms with van der Waals surface area (Å²) in [6, 6.07) is -0.625. The Bertz CT molecular complexity index is 1080. The summed E-state index contributed by atoms with van der Waals surface area (Å²) in [7, 11) is 0. The van der Waals surface area contributed by atoms with Crippen LogP contribution in [0.1, 0.15) is 341 Å². The number of nitrogens with one attached hydrogen (secondary N) is 1. The first-order valence-electron chi connectivity index (χ1n) is 31.1. The van der Waals surface area contributed by atoms with Gasteiger partial charge in [-0.25, -0.2) is 0 Å². The number of unbranched alkanes of at least 4 members (excludes halogenated alkanes) is 45. The van der Waals surface area contributed by atoms with E-state index in [4.69, 9.17) is 4.74 Å². The van der Waals surface area contributed by atoms with E-state index in [-0.39, 0.29) is 18.5 Å². The maximum atomic E-state index is 12.4. The van der Waals surface area contributed by atoms with Crippen LogP contribution in [0.5, 0.6) is 0 Å². The second kappa shape index (κ2) is 58.9. The molecule has 0 aliphatic carbocycles. The third kappa shape index (κ3) is 55.5. The lowest BCUT2D eigenvalue weighted by Crippen LogP contribution is -2.45. The molecule has 0 heterocycles. The molecule has 0 radical (unpaired) electrons. The van der Waals surface area contributed by atoms with Crippen molar-refractivity contribution in [2.24, 2.45) is 0 Å². The normalized spacial score (nSPS) is 12.7. The second-order valence-corrected chi connectivity index (χ2v) is 21.4. The smallest absolute Gasteiger partial charge is 0.305 e. The number of amides is 1. The minimum Gasteiger partial charge on any atom is -0.466 e. The molecule has 2 atom stereocenters. The molecule has 0 aromatic rings. The summed E-state index contributed by atoms with van der Waals surface area (Å²) in [4.78, 5) is 24.5. The zero-order valence-corrected chi connectivity index (χ0v) is 46.6. The van der Waals surface area contributed by atoms with E-state index in [1.807, 2.05) is 6.08 Å². The average Bonchev–Trinajstić information content (AvgIpc) is 3.35. The van der Waals surface area contributed by atoms with Crippen molar-refractivity contribution in [3.05, 3.63) is 24.3 Å². The molecule has 6 nitrogen and oxygen atoms in total. The predicted octanol–water partition coefficient (Wildman–Crippen LogP) is 19.4. The van der Waals surface area contributed by atoms with Crippen molar-refractivity contribution in [3.8, 4) is 0 Å². The number of allylic oxidation sites excluding steroid dienone is 3. The van der Waals surface area contributed by atoms with Crippen LogP contribution in [0.25, 0.3) is 0 Å². The van der Waals surface area contributed by atoms with Crippen LogP contribution in [0.15, 0.2) is 24.3 Å². The van der Waals surface area contributed by atoms with Crippen molar-refractivity contribution in [2.75, 3.05) is 13.2 Å². The highest BCUT2D eigenvalue weighted by Gasteiger charge is 2.18. The monoisotopic (exact) mass is 972 g/mol. The predicted molar refractivity (Wildman–Crippen MR) is 301 cm³/mol.